The number of nitrogens with one attached hydrogen (secondary N) is 1. The van der Waals surface area contributed by atoms with Gasteiger partial charge in [-0.3, -0.25) is 4.98 Å². The van der Waals surface area contributed by atoms with Crippen LogP contribution in [0.2, 0.25) is 5.02 Å². The topological polar surface area (TPSA) is 88.2 Å². The number of anilines is 2. The van der Waals surface area contributed by atoms with Gasteiger partial charge in [-0.15, -0.1) is 0 Å². The van der Waals surface area contributed by atoms with Gasteiger partial charge in [-0.25, -0.2) is 4.79 Å². The number of halogens is 1. The smallest absolute Gasteiger partial charge is 0.337 e. The van der Waals surface area contributed by atoms with Crippen molar-refractivity contribution in [2.24, 2.45) is 0 Å². The minimum Gasteiger partial charge on any atom is -0.478 e. The van der Waals surface area contributed by atoms with Crippen molar-refractivity contribution < 1.29 is 9.90 Å². The highest BCUT2D eigenvalue weighted by atomic mass is 35.5. The Bertz CT molecular complexity index is 632. The molecule has 2 aromatic rings. The summed E-state index contributed by atoms with van der Waals surface area (Å²) in [5, 5.41) is 12.6. The van der Waals surface area contributed by atoms with Crippen molar-refractivity contribution in [3.05, 3.63) is 52.8 Å². The summed E-state index contributed by atoms with van der Waals surface area (Å²) in [5.74, 6) is -1.08. The van der Waals surface area contributed by atoms with Crippen LogP contribution < -0.4 is 11.1 Å². The van der Waals surface area contributed by atoms with Gasteiger partial charge >= 0.3 is 5.97 Å². The van der Waals surface area contributed by atoms with E-state index >= 15 is 0 Å². The summed E-state index contributed by atoms with van der Waals surface area (Å²) in [6.45, 7) is 1.90. The Morgan fingerprint density at radius 2 is 2.25 bits per heavy atom. The molecule has 6 heteroatoms. The van der Waals surface area contributed by atoms with Gasteiger partial charge in [0.05, 0.1) is 22.3 Å². The van der Waals surface area contributed by atoms with Crippen molar-refractivity contribution in [1.29, 1.82) is 0 Å². The first kappa shape index (κ1) is 14.1. The van der Waals surface area contributed by atoms with E-state index in [4.69, 9.17) is 17.3 Å². The van der Waals surface area contributed by atoms with Crippen LogP contribution in [0.5, 0.6) is 0 Å². The summed E-state index contributed by atoms with van der Waals surface area (Å²) in [6.07, 6.45) is 3.39. The van der Waals surface area contributed by atoms with Crippen LogP contribution >= 0.6 is 11.6 Å². The zero-order valence-corrected chi connectivity index (χ0v) is 11.6. The monoisotopic (exact) mass is 291 g/mol. The van der Waals surface area contributed by atoms with E-state index in [-0.39, 0.29) is 16.6 Å². The number of pyridine rings is 1. The fraction of sp³-hybridized carbons (Fsp3) is 0.143. The number of nitrogens with zero attached hydrogens (tertiary/aromatic N) is 1. The molecule has 0 saturated carbocycles. The van der Waals surface area contributed by atoms with E-state index in [1.165, 1.54) is 12.1 Å². The summed E-state index contributed by atoms with van der Waals surface area (Å²) in [6, 6.07) is 6.48. The highest BCUT2D eigenvalue weighted by molar-refractivity contribution is 6.34. The number of nitrogen functional groups attached to an aromatic ring is 1. The van der Waals surface area contributed by atoms with Crippen molar-refractivity contribution in [3.63, 3.8) is 0 Å². The van der Waals surface area contributed by atoms with Gasteiger partial charge in [0.1, 0.15) is 0 Å². The number of nitrogens with two attached hydrogens (primary N) is 1. The molecular formula is C14H14ClN3O2. The third kappa shape index (κ3) is 3.00. The average Bonchev–Trinajstić information content (AvgIpc) is 2.42. The van der Waals surface area contributed by atoms with Crippen LogP contribution in [0.1, 0.15) is 28.9 Å². The molecule has 0 radical (unpaired) electrons. The van der Waals surface area contributed by atoms with E-state index in [2.05, 4.69) is 10.3 Å². The number of carbonyl (C=O) groups is 1. The van der Waals surface area contributed by atoms with E-state index in [9.17, 15) is 9.90 Å². The molecule has 2 rings (SSSR count). The van der Waals surface area contributed by atoms with Crippen molar-refractivity contribution in [3.8, 4) is 0 Å². The van der Waals surface area contributed by atoms with E-state index in [1.54, 1.807) is 12.4 Å². The Morgan fingerprint density at radius 1 is 1.50 bits per heavy atom. The van der Waals surface area contributed by atoms with Crippen LogP contribution in [0.4, 0.5) is 11.4 Å². The number of hydrogen-bond donors (Lipinski definition) is 3. The molecular weight excluding hydrogens is 278 g/mol. The van der Waals surface area contributed by atoms with Crippen molar-refractivity contribution in [2.45, 2.75) is 13.0 Å². The third-order valence-electron chi connectivity index (χ3n) is 2.89. The zero-order chi connectivity index (χ0) is 14.7. The van der Waals surface area contributed by atoms with Gasteiger partial charge in [0, 0.05) is 18.1 Å². The molecule has 1 aromatic carbocycles. The van der Waals surface area contributed by atoms with Gasteiger partial charge in [0.25, 0.3) is 0 Å². The first-order valence-electron chi connectivity index (χ1n) is 5.98. The Balaban J connectivity index is 2.36. The van der Waals surface area contributed by atoms with Crippen LogP contribution in [0.25, 0.3) is 0 Å². The number of carboxylic acid groups (broad SMARTS) is 1. The fourth-order valence-corrected chi connectivity index (χ4v) is 2.16. The Kier molecular flexibility index (Phi) is 4.10. The van der Waals surface area contributed by atoms with Gasteiger partial charge < -0.3 is 16.2 Å². The normalized spacial score (nSPS) is 11.9. The average molecular weight is 292 g/mol. The van der Waals surface area contributed by atoms with Crippen LogP contribution in [-0.2, 0) is 0 Å². The van der Waals surface area contributed by atoms with Crippen LogP contribution in [-0.4, -0.2) is 16.1 Å². The molecule has 0 aliphatic heterocycles. The first-order valence-corrected chi connectivity index (χ1v) is 6.35. The summed E-state index contributed by atoms with van der Waals surface area (Å²) in [5.41, 5.74) is 7.26. The standard InChI is InChI=1S/C14H14ClN3O2/c1-8(9-3-2-4-17-7-9)18-13-11(14(19)20)5-10(16)6-12(13)15/h2-8,18H,16H2,1H3,(H,19,20). The van der Waals surface area contributed by atoms with Crippen molar-refractivity contribution in [1.82, 2.24) is 4.98 Å². The van der Waals surface area contributed by atoms with Crippen molar-refractivity contribution >= 4 is 28.9 Å². The lowest BCUT2D eigenvalue weighted by molar-refractivity contribution is 0.0698. The number of hydrogen-bond acceptors (Lipinski definition) is 4. The molecule has 0 amide bonds. The minimum atomic E-state index is -1.08. The predicted octanol–water partition coefficient (Wildman–Crippen LogP) is 3.19. The third-order valence-corrected chi connectivity index (χ3v) is 3.19. The number of benzene rings is 1. The molecule has 0 bridgehead atoms. The maximum Gasteiger partial charge on any atom is 0.337 e. The molecule has 0 aliphatic carbocycles. The van der Waals surface area contributed by atoms with E-state index in [1.807, 2.05) is 19.1 Å². The Hall–Kier alpha value is -2.27. The zero-order valence-electron chi connectivity index (χ0n) is 10.8. The number of rotatable bonds is 4. The van der Waals surface area contributed by atoms with E-state index in [0.717, 1.165) is 5.56 Å². The lowest BCUT2D eigenvalue weighted by atomic mass is 10.1. The van der Waals surface area contributed by atoms with E-state index in [0.29, 0.717) is 11.4 Å². The molecule has 1 heterocycles. The van der Waals surface area contributed by atoms with E-state index < -0.39 is 5.97 Å². The second-order valence-corrected chi connectivity index (χ2v) is 4.79. The summed E-state index contributed by atoms with van der Waals surface area (Å²) in [7, 11) is 0. The highest BCUT2D eigenvalue weighted by Crippen LogP contribution is 2.32. The lowest BCUT2D eigenvalue weighted by Crippen LogP contribution is -2.12. The Morgan fingerprint density at radius 3 is 2.85 bits per heavy atom. The number of carboxylic acids is 1. The van der Waals surface area contributed by atoms with Gasteiger partial charge in [0.15, 0.2) is 0 Å². The number of aromatic carboxylic acids is 1. The summed E-state index contributed by atoms with van der Waals surface area (Å²) < 4.78 is 0. The molecule has 0 saturated heterocycles. The fourth-order valence-electron chi connectivity index (χ4n) is 1.87. The molecule has 5 nitrogen and oxygen atoms in total. The largest absolute Gasteiger partial charge is 0.478 e. The lowest BCUT2D eigenvalue weighted by Gasteiger charge is -2.18. The van der Waals surface area contributed by atoms with Gasteiger partial charge in [-0.2, -0.15) is 0 Å². The van der Waals surface area contributed by atoms with Gasteiger partial charge in [0.2, 0.25) is 0 Å². The van der Waals surface area contributed by atoms with Gasteiger partial charge in [-0.1, -0.05) is 17.7 Å². The predicted molar refractivity (Wildman–Crippen MR) is 79.1 cm³/mol. The second-order valence-electron chi connectivity index (χ2n) is 4.38. The van der Waals surface area contributed by atoms with Crippen molar-refractivity contribution in [2.75, 3.05) is 11.1 Å². The molecule has 0 aliphatic rings. The van der Waals surface area contributed by atoms with Crippen LogP contribution in [0.15, 0.2) is 36.7 Å². The minimum absolute atomic E-state index is 0.0470. The second kappa shape index (κ2) is 5.79. The highest BCUT2D eigenvalue weighted by Gasteiger charge is 2.17. The quantitative estimate of drug-likeness (QED) is 0.753. The Labute approximate surface area is 121 Å². The molecule has 1 aromatic heterocycles. The number of aromatic nitrogens is 1. The maximum absolute atomic E-state index is 11.3. The summed E-state index contributed by atoms with van der Waals surface area (Å²) in [4.78, 5) is 15.3. The SMILES string of the molecule is CC(Nc1c(Cl)cc(N)cc1C(=O)O)c1cccnc1. The van der Waals surface area contributed by atoms with Gasteiger partial charge in [-0.05, 0) is 30.7 Å². The first-order chi connectivity index (χ1) is 9.49. The molecule has 0 fully saturated rings. The van der Waals surface area contributed by atoms with Crippen LogP contribution in [0.3, 0.4) is 0 Å². The molecule has 104 valence electrons. The molecule has 1 unspecified atom stereocenters. The maximum atomic E-state index is 11.3. The van der Waals surface area contributed by atoms with Crippen LogP contribution in [0, 0.1) is 0 Å². The summed E-state index contributed by atoms with van der Waals surface area (Å²) >= 11 is 6.09. The molecule has 1 atom stereocenters. The molecule has 0 spiro atoms. The molecule has 20 heavy (non-hydrogen) atoms. The molecule has 4 N–H and O–H groups in total.